The summed E-state index contributed by atoms with van der Waals surface area (Å²) in [4.78, 5) is 30.1. The van der Waals surface area contributed by atoms with Crippen LogP contribution in [-0.2, 0) is 32.9 Å². The van der Waals surface area contributed by atoms with Crippen LogP contribution in [0.3, 0.4) is 0 Å². The molecule has 312 valence electrons. The quantitative estimate of drug-likeness (QED) is 0.0978. The zero-order valence-corrected chi connectivity index (χ0v) is 36.1. The maximum atomic E-state index is 15.1. The van der Waals surface area contributed by atoms with Gasteiger partial charge in [0.25, 0.3) is 20.0 Å². The van der Waals surface area contributed by atoms with Gasteiger partial charge in [-0.2, -0.15) is 0 Å². The summed E-state index contributed by atoms with van der Waals surface area (Å²) in [5.41, 5.74) is 0.570. The Labute approximate surface area is 345 Å². The SMILES string of the molecule is CC(C)(C)C(Cc1cc(Br)n(S(=O)(=O)c2cccnc2)c1)NC(=O)O.COc1cccc(-c2cc(CC(NC(=O)O)C(C)(C)C)cn2S(=O)(=O)c2cccnc2)c1F. The normalized spacial score (nSPS) is 13.1. The lowest BCUT2D eigenvalue weighted by atomic mass is 9.83. The van der Waals surface area contributed by atoms with E-state index in [1.54, 1.807) is 24.3 Å². The molecule has 0 aliphatic carbocycles. The number of methoxy groups -OCH3 is 1. The molecule has 4 N–H and O–H groups in total. The number of hydrogen-bond acceptors (Lipinski definition) is 9. The van der Waals surface area contributed by atoms with Crippen LogP contribution in [0, 0.1) is 16.6 Å². The van der Waals surface area contributed by atoms with Gasteiger partial charge in [0.2, 0.25) is 0 Å². The minimum Gasteiger partial charge on any atom is -0.494 e. The third-order valence-electron chi connectivity index (χ3n) is 9.05. The molecule has 4 heterocycles. The van der Waals surface area contributed by atoms with Crippen LogP contribution >= 0.6 is 15.9 Å². The zero-order chi connectivity index (χ0) is 43.2. The van der Waals surface area contributed by atoms with Crippen LogP contribution in [0.15, 0.2) is 106 Å². The molecule has 0 saturated heterocycles. The molecule has 0 aliphatic heterocycles. The van der Waals surface area contributed by atoms with Gasteiger partial charge in [0.05, 0.1) is 12.8 Å². The molecule has 0 fully saturated rings. The molecular formula is C39H46BrFN6O9S2. The summed E-state index contributed by atoms with van der Waals surface area (Å²) in [5.74, 6) is -0.732. The Bertz CT molecular complexity index is 2450. The number of carbonyl (C=O) groups is 2. The molecule has 2 amide bonds. The third-order valence-corrected chi connectivity index (χ3v) is 13.2. The van der Waals surface area contributed by atoms with Crippen LogP contribution in [-0.4, -0.2) is 76.3 Å². The number of nitrogens with one attached hydrogen (secondary N) is 2. The molecule has 2 atom stereocenters. The first-order chi connectivity index (χ1) is 27.0. The number of nitrogens with zero attached hydrogens (tertiary/aromatic N) is 4. The molecule has 0 spiro atoms. The lowest BCUT2D eigenvalue weighted by Gasteiger charge is -2.30. The second kappa shape index (κ2) is 18.1. The van der Waals surface area contributed by atoms with Gasteiger partial charge in [-0.25, -0.2) is 38.8 Å². The van der Waals surface area contributed by atoms with Crippen molar-refractivity contribution < 1.29 is 45.8 Å². The van der Waals surface area contributed by atoms with Crippen molar-refractivity contribution in [3.63, 3.8) is 0 Å². The van der Waals surface area contributed by atoms with Crippen molar-refractivity contribution >= 4 is 48.2 Å². The maximum absolute atomic E-state index is 15.1. The molecule has 4 aromatic heterocycles. The second-order valence-electron chi connectivity index (χ2n) is 15.4. The number of amides is 2. The van der Waals surface area contributed by atoms with E-state index in [0.29, 0.717) is 22.2 Å². The van der Waals surface area contributed by atoms with Crippen molar-refractivity contribution in [2.45, 2.75) is 76.3 Å². The molecule has 15 nitrogen and oxygen atoms in total. The van der Waals surface area contributed by atoms with E-state index < -0.39 is 49.5 Å². The van der Waals surface area contributed by atoms with Crippen molar-refractivity contribution in [3.05, 3.63) is 113 Å². The summed E-state index contributed by atoms with van der Waals surface area (Å²) < 4.78 is 75.0. The minimum atomic E-state index is -4.12. The maximum Gasteiger partial charge on any atom is 0.404 e. The fourth-order valence-electron chi connectivity index (χ4n) is 5.78. The topological polar surface area (TPSA) is 212 Å². The highest BCUT2D eigenvalue weighted by Crippen LogP contribution is 2.34. The first-order valence-electron chi connectivity index (χ1n) is 17.7. The number of halogens is 2. The largest absolute Gasteiger partial charge is 0.494 e. The molecule has 5 rings (SSSR count). The summed E-state index contributed by atoms with van der Waals surface area (Å²) in [6.07, 6.45) is 6.60. The van der Waals surface area contributed by atoms with Gasteiger partial charge < -0.3 is 25.6 Å². The predicted octanol–water partition coefficient (Wildman–Crippen LogP) is 7.27. The summed E-state index contributed by atoms with van der Waals surface area (Å²) in [7, 11) is -6.57. The fourth-order valence-corrected chi connectivity index (χ4v) is 9.33. The molecule has 1 aromatic carbocycles. The Kier molecular flexibility index (Phi) is 14.2. The van der Waals surface area contributed by atoms with E-state index in [-0.39, 0.29) is 44.7 Å². The van der Waals surface area contributed by atoms with Crippen molar-refractivity contribution in [1.82, 2.24) is 28.5 Å². The highest BCUT2D eigenvalue weighted by Gasteiger charge is 2.31. The van der Waals surface area contributed by atoms with E-state index in [1.165, 1.54) is 74.6 Å². The number of pyridine rings is 2. The number of rotatable bonds is 12. The van der Waals surface area contributed by atoms with Crippen LogP contribution in [0.4, 0.5) is 14.0 Å². The van der Waals surface area contributed by atoms with Crippen LogP contribution in [0.25, 0.3) is 11.3 Å². The standard InChI is InChI=1S/C23H26FN3O5S.C16H20BrN3O4S/c1-23(2,3)20(26-22(28)29)12-15-11-18(17-8-5-9-19(32-4)21(17)24)27(14-15)33(30,31)16-7-6-10-25-13-16;1-16(2,3)13(19-15(21)22)7-11-8-14(17)20(10-11)25(23,24)12-5-4-6-18-9-12/h5-11,13-14,20,26H,12H2,1-4H3,(H,28,29);4-6,8-10,13,19H,7H2,1-3H3,(H,21,22). The van der Waals surface area contributed by atoms with Gasteiger partial charge in [0, 0.05) is 54.8 Å². The van der Waals surface area contributed by atoms with E-state index in [0.717, 1.165) is 7.94 Å². The molecule has 0 aliphatic rings. The third kappa shape index (κ3) is 11.0. The number of ether oxygens (including phenoxy) is 1. The Balaban J connectivity index is 0.000000267. The molecule has 0 saturated carbocycles. The van der Waals surface area contributed by atoms with Crippen LogP contribution in [0.5, 0.6) is 5.75 Å². The van der Waals surface area contributed by atoms with E-state index >= 15 is 4.39 Å². The van der Waals surface area contributed by atoms with Crippen molar-refractivity contribution in [2.24, 2.45) is 10.8 Å². The molecule has 2 unspecified atom stereocenters. The van der Waals surface area contributed by atoms with Gasteiger partial charge in [-0.15, -0.1) is 0 Å². The van der Waals surface area contributed by atoms with Gasteiger partial charge in [-0.05, 0) is 99.3 Å². The molecule has 0 bridgehead atoms. The lowest BCUT2D eigenvalue weighted by molar-refractivity contribution is 0.173. The van der Waals surface area contributed by atoms with Crippen molar-refractivity contribution in [2.75, 3.05) is 7.11 Å². The average molecular weight is 906 g/mol. The summed E-state index contributed by atoms with van der Waals surface area (Å²) in [6, 6.07) is 12.7. The second-order valence-corrected chi connectivity index (χ2v) is 19.8. The van der Waals surface area contributed by atoms with Crippen LogP contribution in [0.1, 0.15) is 52.7 Å². The Morgan fingerprint density at radius 3 is 1.67 bits per heavy atom. The smallest absolute Gasteiger partial charge is 0.404 e. The van der Waals surface area contributed by atoms with Gasteiger partial charge >= 0.3 is 12.2 Å². The number of aromatic nitrogens is 4. The molecule has 58 heavy (non-hydrogen) atoms. The highest BCUT2D eigenvalue weighted by molar-refractivity contribution is 9.10. The van der Waals surface area contributed by atoms with Gasteiger partial charge in [-0.1, -0.05) is 47.6 Å². The number of benzene rings is 1. The molecular weight excluding hydrogens is 859 g/mol. The van der Waals surface area contributed by atoms with Crippen molar-refractivity contribution in [1.29, 1.82) is 0 Å². The van der Waals surface area contributed by atoms with Gasteiger partial charge in [0.1, 0.15) is 14.4 Å². The molecule has 0 radical (unpaired) electrons. The van der Waals surface area contributed by atoms with Crippen LogP contribution in [0.2, 0.25) is 0 Å². The minimum absolute atomic E-state index is 0.0271. The zero-order valence-electron chi connectivity index (χ0n) is 32.8. The highest BCUT2D eigenvalue weighted by atomic mass is 79.9. The molecule has 5 aromatic rings. The first-order valence-corrected chi connectivity index (χ1v) is 21.3. The monoisotopic (exact) mass is 904 g/mol. The first kappa shape index (κ1) is 45.4. The average Bonchev–Trinajstić information content (AvgIpc) is 3.75. The van der Waals surface area contributed by atoms with Crippen molar-refractivity contribution in [3.8, 4) is 17.0 Å². The lowest BCUT2D eigenvalue weighted by Crippen LogP contribution is -2.44. The van der Waals surface area contributed by atoms with E-state index in [4.69, 9.17) is 9.84 Å². The fraction of sp³-hybridized carbons (Fsp3) is 0.333. The molecule has 19 heteroatoms. The van der Waals surface area contributed by atoms with E-state index in [1.807, 2.05) is 41.5 Å². The Hall–Kier alpha value is -5.27. The van der Waals surface area contributed by atoms with Gasteiger partial charge in [-0.3, -0.25) is 9.97 Å². The van der Waals surface area contributed by atoms with Crippen LogP contribution < -0.4 is 15.4 Å². The Morgan fingerprint density at radius 1 is 0.776 bits per heavy atom. The van der Waals surface area contributed by atoms with Gasteiger partial charge in [0.15, 0.2) is 11.6 Å². The number of hydrogen-bond donors (Lipinski definition) is 4. The predicted molar refractivity (Wildman–Crippen MR) is 218 cm³/mol. The number of carboxylic acid groups (broad SMARTS) is 2. The van der Waals surface area contributed by atoms with E-state index in [9.17, 15) is 31.5 Å². The Morgan fingerprint density at radius 2 is 1.24 bits per heavy atom. The summed E-state index contributed by atoms with van der Waals surface area (Å²) in [6.45, 7) is 11.4. The summed E-state index contributed by atoms with van der Waals surface area (Å²) in [5, 5.41) is 23.3. The summed E-state index contributed by atoms with van der Waals surface area (Å²) >= 11 is 3.27. The van der Waals surface area contributed by atoms with E-state index in [2.05, 4.69) is 36.5 Å².